The molecule has 28 heavy (non-hydrogen) atoms. The molecule has 1 N–H and O–H groups in total. The van der Waals surface area contributed by atoms with Gasteiger partial charge in [-0.2, -0.15) is 0 Å². The molecule has 1 aromatic carbocycles. The van der Waals surface area contributed by atoms with Crippen LogP contribution in [0.15, 0.2) is 40.2 Å². The summed E-state index contributed by atoms with van der Waals surface area (Å²) in [6.07, 6.45) is 13.1. The van der Waals surface area contributed by atoms with Crippen molar-refractivity contribution in [2.24, 2.45) is 0 Å². The number of imidazole rings is 1. The molecule has 2 aliphatic rings. The quantitative estimate of drug-likeness (QED) is 0.724. The van der Waals surface area contributed by atoms with E-state index in [1.165, 1.54) is 17.2 Å². The Kier molecular flexibility index (Phi) is 5.54. The van der Waals surface area contributed by atoms with Crippen molar-refractivity contribution in [1.82, 2.24) is 9.55 Å². The molecular weight excluding hydrogens is 355 g/mol. The highest BCUT2D eigenvalue weighted by molar-refractivity contribution is 5.77. The molecule has 2 aliphatic carbocycles. The second-order valence-corrected chi connectivity index (χ2v) is 8.24. The van der Waals surface area contributed by atoms with Crippen LogP contribution in [0.5, 0.6) is 0 Å². The minimum atomic E-state index is -0.350. The number of allylic oxidation sites excluding steroid dienone is 3. The van der Waals surface area contributed by atoms with Gasteiger partial charge in [0, 0.05) is 13.2 Å². The molecule has 1 heterocycles. The minimum Gasteiger partial charge on any atom is -0.381 e. The van der Waals surface area contributed by atoms with Crippen LogP contribution in [0.3, 0.4) is 0 Å². The molecule has 150 valence electrons. The lowest BCUT2D eigenvalue weighted by Gasteiger charge is -2.21. The third-order valence-corrected chi connectivity index (χ3v) is 6.27. The van der Waals surface area contributed by atoms with Crippen LogP contribution in [-0.4, -0.2) is 22.8 Å². The fraction of sp³-hybridized carbons (Fsp3) is 0.522. The largest absolute Gasteiger partial charge is 0.381 e. The molecule has 2 atom stereocenters. The first-order valence-electron chi connectivity index (χ1n) is 10.3. The van der Waals surface area contributed by atoms with Crippen molar-refractivity contribution in [3.8, 4) is 0 Å². The van der Waals surface area contributed by atoms with E-state index in [2.05, 4.69) is 17.1 Å². The van der Waals surface area contributed by atoms with Crippen molar-refractivity contribution in [1.29, 1.82) is 0 Å². The van der Waals surface area contributed by atoms with E-state index in [1.54, 1.807) is 11.7 Å². The number of hydrogen-bond acceptors (Lipinski definition) is 2. The first kappa shape index (κ1) is 19.2. The Bertz CT molecular complexity index is 982. The van der Waals surface area contributed by atoms with Gasteiger partial charge in [-0.3, -0.25) is 4.57 Å². The summed E-state index contributed by atoms with van der Waals surface area (Å²) in [6.45, 7) is 1.86. The third-order valence-electron chi connectivity index (χ3n) is 6.27. The van der Waals surface area contributed by atoms with Crippen LogP contribution < -0.4 is 5.69 Å². The highest BCUT2D eigenvalue weighted by Gasteiger charge is 2.22. The van der Waals surface area contributed by atoms with E-state index in [0.29, 0.717) is 17.1 Å². The predicted octanol–water partition coefficient (Wildman–Crippen LogP) is 5.33. The standard InChI is InChI=1S/C23H29FN2O2/c1-15-12-20(24)22-21(13-15)26(23(27)25-22)18-5-3-4-16(6-9-18)14-17-7-10-19(28-2)11-8-17/h4,7,12-13,18-19H,3,5-6,8-11,14H2,1-2H3,(H,25,27)/t18?,19-/m1/s1. The Labute approximate surface area is 165 Å². The average molecular weight is 384 g/mol. The van der Waals surface area contributed by atoms with E-state index in [0.717, 1.165) is 56.9 Å². The maximum absolute atomic E-state index is 14.3. The molecule has 1 aromatic heterocycles. The Morgan fingerprint density at radius 1 is 1.18 bits per heavy atom. The van der Waals surface area contributed by atoms with E-state index in [9.17, 15) is 9.18 Å². The molecule has 0 aliphatic heterocycles. The first-order valence-corrected chi connectivity index (χ1v) is 10.3. The Morgan fingerprint density at radius 3 is 2.71 bits per heavy atom. The number of nitrogens with one attached hydrogen (secondary N) is 1. The first-order chi connectivity index (χ1) is 13.5. The Balaban J connectivity index is 1.49. The molecular formula is C23H29FN2O2. The van der Waals surface area contributed by atoms with Crippen LogP contribution in [0.1, 0.15) is 63.0 Å². The van der Waals surface area contributed by atoms with Gasteiger partial charge in [0.05, 0.1) is 11.6 Å². The molecule has 4 rings (SSSR count). The van der Waals surface area contributed by atoms with Crippen LogP contribution in [0.4, 0.5) is 4.39 Å². The smallest absolute Gasteiger partial charge is 0.326 e. The van der Waals surface area contributed by atoms with Gasteiger partial charge in [0.2, 0.25) is 0 Å². The summed E-state index contributed by atoms with van der Waals surface area (Å²) in [4.78, 5) is 15.3. The summed E-state index contributed by atoms with van der Waals surface area (Å²) in [7, 11) is 1.79. The van der Waals surface area contributed by atoms with Crippen LogP contribution in [0.25, 0.3) is 11.0 Å². The molecule has 0 saturated carbocycles. The lowest BCUT2D eigenvalue weighted by molar-refractivity contribution is 0.0938. The van der Waals surface area contributed by atoms with Crippen LogP contribution in [0.2, 0.25) is 0 Å². The highest BCUT2D eigenvalue weighted by atomic mass is 19.1. The second kappa shape index (κ2) is 8.08. The van der Waals surface area contributed by atoms with Gasteiger partial charge >= 0.3 is 5.69 Å². The van der Waals surface area contributed by atoms with E-state index in [4.69, 9.17) is 4.74 Å². The van der Waals surface area contributed by atoms with Gasteiger partial charge in [0.25, 0.3) is 0 Å². The van der Waals surface area contributed by atoms with Gasteiger partial charge in [-0.05, 0) is 76.0 Å². The number of aromatic nitrogens is 2. The number of hydrogen-bond donors (Lipinski definition) is 1. The van der Waals surface area contributed by atoms with E-state index in [-0.39, 0.29) is 17.5 Å². The Morgan fingerprint density at radius 2 is 1.96 bits per heavy atom. The summed E-state index contributed by atoms with van der Waals surface area (Å²) >= 11 is 0. The summed E-state index contributed by atoms with van der Waals surface area (Å²) in [5.41, 5.74) is 4.64. The van der Waals surface area contributed by atoms with Gasteiger partial charge in [0.15, 0.2) is 0 Å². The number of ether oxygens (including phenoxy) is 1. The number of aryl methyl sites for hydroxylation is 1. The summed E-state index contributed by atoms with van der Waals surface area (Å²) in [6, 6.07) is 3.49. The lowest BCUT2D eigenvalue weighted by Crippen LogP contribution is -2.22. The van der Waals surface area contributed by atoms with Crippen molar-refractivity contribution in [2.75, 3.05) is 7.11 Å². The van der Waals surface area contributed by atoms with Gasteiger partial charge < -0.3 is 9.72 Å². The third kappa shape index (κ3) is 3.86. The zero-order valence-corrected chi connectivity index (χ0v) is 16.8. The minimum absolute atomic E-state index is 0.106. The normalized spacial score (nSPS) is 23.4. The molecule has 0 spiro atoms. The number of rotatable bonds is 4. The van der Waals surface area contributed by atoms with Gasteiger partial charge in [0.1, 0.15) is 11.3 Å². The van der Waals surface area contributed by atoms with Gasteiger partial charge in [-0.15, -0.1) is 0 Å². The molecule has 0 radical (unpaired) electrons. The Hall–Kier alpha value is -2.14. The topological polar surface area (TPSA) is 47.0 Å². The summed E-state index contributed by atoms with van der Waals surface area (Å²) in [5.74, 6) is -0.350. The molecule has 1 unspecified atom stereocenters. The zero-order chi connectivity index (χ0) is 19.7. The molecule has 4 nitrogen and oxygen atoms in total. The van der Waals surface area contributed by atoms with Gasteiger partial charge in [-0.1, -0.05) is 23.3 Å². The van der Waals surface area contributed by atoms with E-state index >= 15 is 0 Å². The predicted molar refractivity (Wildman–Crippen MR) is 110 cm³/mol. The highest BCUT2D eigenvalue weighted by Crippen LogP contribution is 2.33. The molecule has 0 bridgehead atoms. The summed E-state index contributed by atoms with van der Waals surface area (Å²) in [5, 5.41) is 0. The fourth-order valence-electron chi connectivity index (χ4n) is 4.70. The number of halogens is 1. The molecule has 0 fully saturated rings. The zero-order valence-electron chi connectivity index (χ0n) is 16.8. The van der Waals surface area contributed by atoms with E-state index in [1.807, 2.05) is 13.0 Å². The maximum Gasteiger partial charge on any atom is 0.326 e. The molecule has 2 aromatic rings. The van der Waals surface area contributed by atoms with Crippen LogP contribution in [-0.2, 0) is 4.74 Å². The van der Waals surface area contributed by atoms with Crippen molar-refractivity contribution in [3.63, 3.8) is 0 Å². The lowest BCUT2D eigenvalue weighted by atomic mass is 9.91. The van der Waals surface area contributed by atoms with E-state index < -0.39 is 0 Å². The van der Waals surface area contributed by atoms with Crippen LogP contribution in [0, 0.1) is 12.7 Å². The van der Waals surface area contributed by atoms with Gasteiger partial charge in [-0.25, -0.2) is 9.18 Å². The fourth-order valence-corrected chi connectivity index (χ4v) is 4.70. The SMILES string of the molecule is CO[C@@H]1CC=C(CC2=CCCC(n3c(=O)[nH]c4c(F)cc(C)cc43)CC2)CC1. The summed E-state index contributed by atoms with van der Waals surface area (Å²) < 4.78 is 21.5. The number of nitrogens with zero attached hydrogens (tertiary/aromatic N) is 1. The maximum atomic E-state index is 14.3. The van der Waals surface area contributed by atoms with Crippen molar-refractivity contribution >= 4 is 11.0 Å². The number of fused-ring (bicyclic) bond motifs is 1. The second-order valence-electron chi connectivity index (χ2n) is 8.24. The number of aromatic amines is 1. The van der Waals surface area contributed by atoms with Crippen molar-refractivity contribution in [3.05, 3.63) is 57.3 Å². The number of methoxy groups -OCH3 is 1. The van der Waals surface area contributed by atoms with Crippen LogP contribution >= 0.6 is 0 Å². The molecule has 0 saturated heterocycles. The molecule has 5 heteroatoms. The number of benzene rings is 1. The number of H-pyrrole nitrogens is 1. The average Bonchev–Trinajstić information content (AvgIpc) is 2.85. The van der Waals surface area contributed by atoms with Crippen molar-refractivity contribution < 1.29 is 9.13 Å². The monoisotopic (exact) mass is 384 g/mol. The van der Waals surface area contributed by atoms with Crippen molar-refractivity contribution in [2.45, 2.75) is 70.4 Å². The molecule has 0 amide bonds.